The molecule has 0 saturated carbocycles. The zero-order chi connectivity index (χ0) is 22.6. The van der Waals surface area contributed by atoms with Gasteiger partial charge in [-0.3, -0.25) is 0 Å². The molecular formula is C23H39NO4S2. The largest absolute Gasteiger partial charge is 0.493 e. The molecule has 0 spiro atoms. The monoisotopic (exact) mass is 457 g/mol. The molecule has 0 aliphatic heterocycles. The van der Waals surface area contributed by atoms with Crippen LogP contribution in [0.4, 0.5) is 4.79 Å². The maximum absolute atomic E-state index is 12.0. The number of ether oxygens (including phenoxy) is 3. The molecule has 0 radical (unpaired) electrons. The molecule has 1 aromatic carbocycles. The van der Waals surface area contributed by atoms with E-state index >= 15 is 0 Å². The third-order valence-corrected chi connectivity index (χ3v) is 6.76. The zero-order valence-electron chi connectivity index (χ0n) is 19.7. The Labute approximate surface area is 191 Å². The molecule has 0 saturated heterocycles. The minimum Gasteiger partial charge on any atom is -0.493 e. The Morgan fingerprint density at radius 2 is 1.60 bits per heavy atom. The molecule has 0 atom stereocenters. The SMILES string of the molecule is CCCCSc1c(CCNC(=O)OC(C)(C)C)cc(OC)c(OC)c1SCCCC. The number of alkyl carbamates (subject to hydrolysis) is 1. The highest BCUT2D eigenvalue weighted by Gasteiger charge is 2.21. The van der Waals surface area contributed by atoms with Crippen molar-refractivity contribution in [2.45, 2.75) is 82.1 Å². The van der Waals surface area contributed by atoms with Gasteiger partial charge in [0, 0.05) is 11.4 Å². The van der Waals surface area contributed by atoms with Crippen LogP contribution < -0.4 is 14.8 Å². The van der Waals surface area contributed by atoms with Crippen molar-refractivity contribution < 1.29 is 19.0 Å². The molecule has 30 heavy (non-hydrogen) atoms. The quantitative estimate of drug-likeness (QED) is 0.267. The van der Waals surface area contributed by atoms with Gasteiger partial charge in [-0.2, -0.15) is 0 Å². The number of methoxy groups -OCH3 is 2. The third kappa shape index (κ3) is 9.29. The summed E-state index contributed by atoms with van der Waals surface area (Å²) in [6, 6.07) is 2.05. The molecule has 0 bridgehead atoms. The molecule has 7 heteroatoms. The number of hydrogen-bond acceptors (Lipinski definition) is 6. The Morgan fingerprint density at radius 1 is 1.00 bits per heavy atom. The van der Waals surface area contributed by atoms with E-state index in [4.69, 9.17) is 14.2 Å². The van der Waals surface area contributed by atoms with Gasteiger partial charge >= 0.3 is 6.09 Å². The highest BCUT2D eigenvalue weighted by atomic mass is 32.2. The van der Waals surface area contributed by atoms with Crippen LogP contribution in [0.5, 0.6) is 11.5 Å². The molecule has 1 aromatic rings. The van der Waals surface area contributed by atoms with Crippen LogP contribution in [0.3, 0.4) is 0 Å². The van der Waals surface area contributed by atoms with E-state index in [0.29, 0.717) is 13.0 Å². The molecule has 1 N–H and O–H groups in total. The normalized spacial score (nSPS) is 11.3. The van der Waals surface area contributed by atoms with Gasteiger partial charge in [0.2, 0.25) is 0 Å². The van der Waals surface area contributed by atoms with Crippen molar-refractivity contribution >= 4 is 29.6 Å². The summed E-state index contributed by atoms with van der Waals surface area (Å²) in [7, 11) is 3.37. The van der Waals surface area contributed by atoms with Crippen molar-refractivity contribution in [2.24, 2.45) is 0 Å². The second kappa shape index (κ2) is 14.0. The molecule has 1 amide bonds. The van der Waals surface area contributed by atoms with E-state index in [1.165, 1.54) is 10.5 Å². The summed E-state index contributed by atoms with van der Waals surface area (Å²) in [6.45, 7) is 10.5. The van der Waals surface area contributed by atoms with Crippen LogP contribution in [0.2, 0.25) is 0 Å². The van der Waals surface area contributed by atoms with E-state index in [0.717, 1.165) is 53.6 Å². The van der Waals surface area contributed by atoms with Crippen LogP contribution in [-0.2, 0) is 11.2 Å². The van der Waals surface area contributed by atoms with Crippen LogP contribution in [0, 0.1) is 0 Å². The Morgan fingerprint density at radius 3 is 2.10 bits per heavy atom. The lowest BCUT2D eigenvalue weighted by Gasteiger charge is -2.21. The zero-order valence-corrected chi connectivity index (χ0v) is 21.3. The second-order valence-electron chi connectivity index (χ2n) is 8.01. The molecule has 0 heterocycles. The smallest absolute Gasteiger partial charge is 0.407 e. The fourth-order valence-electron chi connectivity index (χ4n) is 2.72. The molecule has 0 fully saturated rings. The van der Waals surface area contributed by atoms with E-state index in [9.17, 15) is 4.79 Å². The lowest BCUT2D eigenvalue weighted by Crippen LogP contribution is -2.33. The van der Waals surface area contributed by atoms with E-state index in [-0.39, 0.29) is 6.09 Å². The number of carbonyl (C=O) groups is 1. The lowest BCUT2D eigenvalue weighted by atomic mass is 10.1. The summed E-state index contributed by atoms with van der Waals surface area (Å²) in [5.41, 5.74) is 0.668. The molecule has 0 aliphatic carbocycles. The van der Waals surface area contributed by atoms with Crippen LogP contribution in [0.25, 0.3) is 0 Å². The first-order valence-corrected chi connectivity index (χ1v) is 12.7. The molecular weight excluding hydrogens is 418 g/mol. The summed E-state index contributed by atoms with van der Waals surface area (Å²) in [4.78, 5) is 14.4. The second-order valence-corrected chi connectivity index (χ2v) is 10.2. The number of carbonyl (C=O) groups excluding carboxylic acids is 1. The molecule has 0 unspecified atom stereocenters. The van der Waals surface area contributed by atoms with E-state index < -0.39 is 5.60 Å². The van der Waals surface area contributed by atoms with Gasteiger partial charge in [0.1, 0.15) is 5.60 Å². The number of amides is 1. The highest BCUT2D eigenvalue weighted by molar-refractivity contribution is 8.02. The predicted molar refractivity (Wildman–Crippen MR) is 129 cm³/mol. The summed E-state index contributed by atoms with van der Waals surface area (Å²) < 4.78 is 16.7. The van der Waals surface area contributed by atoms with E-state index in [1.807, 2.05) is 50.4 Å². The minimum atomic E-state index is -0.502. The Balaban J connectivity index is 3.13. The number of rotatable bonds is 13. The summed E-state index contributed by atoms with van der Waals surface area (Å²) in [5.74, 6) is 3.64. The van der Waals surface area contributed by atoms with Crippen LogP contribution in [0.15, 0.2) is 15.9 Å². The van der Waals surface area contributed by atoms with Crippen molar-refractivity contribution in [1.29, 1.82) is 0 Å². The Hall–Kier alpha value is -1.21. The number of benzene rings is 1. The van der Waals surface area contributed by atoms with Crippen LogP contribution >= 0.6 is 23.5 Å². The lowest BCUT2D eigenvalue weighted by molar-refractivity contribution is 0.0528. The van der Waals surface area contributed by atoms with Crippen molar-refractivity contribution in [1.82, 2.24) is 5.32 Å². The molecule has 1 rings (SSSR count). The van der Waals surface area contributed by atoms with Gasteiger partial charge < -0.3 is 19.5 Å². The molecule has 0 aliphatic rings. The first-order valence-electron chi connectivity index (χ1n) is 10.8. The van der Waals surface area contributed by atoms with Crippen LogP contribution in [0.1, 0.15) is 65.9 Å². The van der Waals surface area contributed by atoms with Crippen molar-refractivity contribution in [2.75, 3.05) is 32.3 Å². The van der Waals surface area contributed by atoms with Gasteiger partial charge in [0.15, 0.2) is 11.5 Å². The topological polar surface area (TPSA) is 56.8 Å². The standard InChI is InChI=1S/C23H39NO4S2/c1-8-10-14-29-20-17(12-13-24-22(25)28-23(3,4)5)16-18(26-6)19(27-7)21(20)30-15-11-9-2/h16H,8-15H2,1-7H3,(H,24,25). The van der Waals surface area contributed by atoms with Gasteiger partial charge in [0.05, 0.1) is 19.1 Å². The summed E-state index contributed by atoms with van der Waals surface area (Å²) in [5, 5.41) is 2.87. The maximum Gasteiger partial charge on any atom is 0.407 e. The van der Waals surface area contributed by atoms with Crippen molar-refractivity contribution in [3.63, 3.8) is 0 Å². The fourth-order valence-corrected chi connectivity index (χ4v) is 5.50. The number of unbranched alkanes of at least 4 members (excludes halogenated alkanes) is 2. The highest BCUT2D eigenvalue weighted by Crippen LogP contribution is 2.46. The average Bonchev–Trinajstić information content (AvgIpc) is 2.67. The molecule has 5 nitrogen and oxygen atoms in total. The Kier molecular flexibility index (Phi) is 12.5. The summed E-state index contributed by atoms with van der Waals surface area (Å²) in [6.07, 6.45) is 4.95. The maximum atomic E-state index is 12.0. The number of hydrogen-bond donors (Lipinski definition) is 1. The number of nitrogens with one attached hydrogen (secondary N) is 1. The minimum absolute atomic E-state index is 0.388. The average molecular weight is 458 g/mol. The third-order valence-electron chi connectivity index (χ3n) is 4.21. The van der Waals surface area contributed by atoms with Gasteiger partial charge in [0.25, 0.3) is 0 Å². The van der Waals surface area contributed by atoms with Crippen LogP contribution in [-0.4, -0.2) is 44.0 Å². The van der Waals surface area contributed by atoms with Gasteiger partial charge in [-0.25, -0.2) is 4.79 Å². The fraction of sp³-hybridized carbons (Fsp3) is 0.696. The first kappa shape index (κ1) is 26.8. The molecule has 0 aromatic heterocycles. The molecule has 172 valence electrons. The predicted octanol–water partition coefficient (Wildman–Crippen LogP) is 6.56. The van der Waals surface area contributed by atoms with Gasteiger partial charge in [-0.1, -0.05) is 26.7 Å². The van der Waals surface area contributed by atoms with Crippen molar-refractivity contribution in [3.8, 4) is 11.5 Å². The Bertz CT molecular complexity index is 660. The van der Waals surface area contributed by atoms with Crippen molar-refractivity contribution in [3.05, 3.63) is 11.6 Å². The van der Waals surface area contributed by atoms with E-state index in [1.54, 1.807) is 14.2 Å². The first-order chi connectivity index (χ1) is 14.3. The number of thioether (sulfide) groups is 2. The van der Waals surface area contributed by atoms with Gasteiger partial charge in [-0.15, -0.1) is 23.5 Å². The summed E-state index contributed by atoms with van der Waals surface area (Å²) >= 11 is 3.71. The van der Waals surface area contributed by atoms with Gasteiger partial charge in [-0.05, 0) is 63.2 Å². The van der Waals surface area contributed by atoms with E-state index in [2.05, 4.69) is 19.2 Å².